The van der Waals surface area contributed by atoms with Gasteiger partial charge in [0.25, 0.3) is 0 Å². The lowest BCUT2D eigenvalue weighted by molar-refractivity contribution is -0.146. The molecule has 2 aliphatic heterocycles. The molecule has 1 spiro atoms. The molecule has 3 rings (SSSR count). The molecule has 2 amide bonds. The van der Waals surface area contributed by atoms with Crippen molar-refractivity contribution in [2.45, 2.75) is 18.5 Å². The van der Waals surface area contributed by atoms with Crippen molar-refractivity contribution in [3.05, 3.63) is 35.9 Å². The van der Waals surface area contributed by atoms with E-state index in [4.69, 9.17) is 4.74 Å². The van der Waals surface area contributed by atoms with Crippen LogP contribution < -0.4 is 5.32 Å². The van der Waals surface area contributed by atoms with Crippen molar-refractivity contribution in [1.29, 1.82) is 0 Å². The molecule has 1 N–H and O–H groups in total. The number of benzene rings is 1. The predicted molar refractivity (Wildman–Crippen MR) is 85.7 cm³/mol. The fourth-order valence-corrected chi connectivity index (χ4v) is 3.53. The van der Waals surface area contributed by atoms with Gasteiger partial charge >= 0.3 is 0 Å². The molecule has 124 valence electrons. The van der Waals surface area contributed by atoms with Crippen molar-refractivity contribution in [2.24, 2.45) is 0 Å². The van der Waals surface area contributed by atoms with Gasteiger partial charge in [-0.05, 0) is 12.0 Å². The van der Waals surface area contributed by atoms with Gasteiger partial charge in [-0.1, -0.05) is 30.3 Å². The predicted octanol–water partition coefficient (Wildman–Crippen LogP) is 0.236. The van der Waals surface area contributed by atoms with Crippen molar-refractivity contribution in [3.8, 4) is 0 Å². The number of amides is 2. The maximum absolute atomic E-state index is 12.6. The Morgan fingerprint density at radius 2 is 2.09 bits per heavy atom. The topological polar surface area (TPSA) is 61.9 Å². The van der Waals surface area contributed by atoms with Gasteiger partial charge in [0.05, 0.1) is 0 Å². The fraction of sp³-hybridized carbons (Fsp3) is 0.529. The zero-order valence-electron chi connectivity index (χ0n) is 13.5. The molecular weight excluding hydrogens is 294 g/mol. The van der Waals surface area contributed by atoms with E-state index in [-0.39, 0.29) is 18.4 Å². The highest BCUT2D eigenvalue weighted by atomic mass is 16.5. The highest BCUT2D eigenvalue weighted by Crippen LogP contribution is 2.30. The van der Waals surface area contributed by atoms with E-state index in [2.05, 4.69) is 22.3 Å². The van der Waals surface area contributed by atoms with Crippen molar-refractivity contribution < 1.29 is 14.3 Å². The van der Waals surface area contributed by atoms with Crippen LogP contribution in [0.3, 0.4) is 0 Å². The van der Waals surface area contributed by atoms with Crippen LogP contribution in [0.25, 0.3) is 0 Å². The number of methoxy groups -OCH3 is 1. The summed E-state index contributed by atoms with van der Waals surface area (Å²) < 4.78 is 4.95. The maximum atomic E-state index is 12.6. The first-order valence-electron chi connectivity index (χ1n) is 8.00. The number of carbonyl (C=O) groups is 2. The average Bonchev–Trinajstić information content (AvgIpc) is 2.92. The van der Waals surface area contributed by atoms with Gasteiger partial charge in [-0.25, -0.2) is 0 Å². The second-order valence-electron chi connectivity index (χ2n) is 6.19. The summed E-state index contributed by atoms with van der Waals surface area (Å²) in [5, 5.41) is 2.94. The zero-order valence-corrected chi connectivity index (χ0v) is 13.5. The molecule has 1 unspecified atom stereocenters. The molecular formula is C17H23N3O3. The third kappa shape index (κ3) is 3.09. The van der Waals surface area contributed by atoms with E-state index in [1.165, 1.54) is 12.7 Å². The maximum Gasteiger partial charge on any atom is 0.248 e. The molecule has 6 heteroatoms. The Balaban J connectivity index is 1.80. The summed E-state index contributed by atoms with van der Waals surface area (Å²) in [6, 6.07) is 10.2. The summed E-state index contributed by atoms with van der Waals surface area (Å²) >= 11 is 0. The normalized spacial score (nSPS) is 24.9. The van der Waals surface area contributed by atoms with Crippen LogP contribution in [-0.2, 0) is 20.9 Å². The van der Waals surface area contributed by atoms with Crippen LogP contribution in [-0.4, -0.2) is 67.0 Å². The lowest BCUT2D eigenvalue weighted by atomic mass is 9.91. The van der Waals surface area contributed by atoms with Crippen LogP contribution in [0.2, 0.25) is 0 Å². The Kier molecular flexibility index (Phi) is 4.63. The van der Waals surface area contributed by atoms with E-state index in [0.29, 0.717) is 26.2 Å². The molecule has 0 saturated carbocycles. The Hall–Kier alpha value is -1.92. The van der Waals surface area contributed by atoms with E-state index >= 15 is 0 Å². The van der Waals surface area contributed by atoms with Crippen LogP contribution in [0.4, 0.5) is 0 Å². The number of piperazine rings is 1. The van der Waals surface area contributed by atoms with Gasteiger partial charge in [-0.3, -0.25) is 14.5 Å². The third-order valence-corrected chi connectivity index (χ3v) is 4.78. The first kappa shape index (κ1) is 16.0. The second-order valence-corrected chi connectivity index (χ2v) is 6.19. The summed E-state index contributed by atoms with van der Waals surface area (Å²) in [6.45, 7) is 3.21. The number of carbonyl (C=O) groups excluding carboxylic acids is 2. The zero-order chi connectivity index (χ0) is 16.3. The van der Waals surface area contributed by atoms with Crippen LogP contribution in [0.5, 0.6) is 0 Å². The number of nitrogens with zero attached hydrogens (tertiary/aromatic N) is 2. The summed E-state index contributed by atoms with van der Waals surface area (Å²) in [5.41, 5.74) is 0.570. The van der Waals surface area contributed by atoms with Gasteiger partial charge in [-0.2, -0.15) is 0 Å². The van der Waals surface area contributed by atoms with Gasteiger partial charge in [0.15, 0.2) is 0 Å². The molecule has 2 aliphatic rings. The van der Waals surface area contributed by atoms with Crippen molar-refractivity contribution in [2.75, 3.05) is 39.9 Å². The lowest BCUT2D eigenvalue weighted by Gasteiger charge is -2.47. The third-order valence-electron chi connectivity index (χ3n) is 4.78. The number of ether oxygens (including phenoxy) is 1. The smallest absolute Gasteiger partial charge is 0.248 e. The molecule has 2 saturated heterocycles. The first-order chi connectivity index (χ1) is 11.2. The van der Waals surface area contributed by atoms with E-state index in [0.717, 1.165) is 13.0 Å². The summed E-state index contributed by atoms with van der Waals surface area (Å²) in [5.74, 6) is -0.0192. The number of hydrogen-bond donors (Lipinski definition) is 1. The Labute approximate surface area is 136 Å². The molecule has 23 heavy (non-hydrogen) atoms. The number of rotatable bonds is 4. The van der Waals surface area contributed by atoms with Gasteiger partial charge in [-0.15, -0.1) is 0 Å². The SMILES string of the molecule is COCC(=O)N1CCN(Cc2ccccc2)C2(CCNC2=O)C1. The monoisotopic (exact) mass is 317 g/mol. The van der Waals surface area contributed by atoms with E-state index < -0.39 is 5.54 Å². The standard InChI is InChI=1S/C17H23N3O3/c1-23-12-15(21)19-9-10-20(11-14-5-3-2-4-6-14)17(13-19)7-8-18-16(17)22/h2-6H,7-13H2,1H3,(H,18,22). The minimum atomic E-state index is -0.614. The second kappa shape index (κ2) is 6.68. The number of hydrogen-bond acceptors (Lipinski definition) is 4. The highest BCUT2D eigenvalue weighted by molar-refractivity contribution is 5.90. The van der Waals surface area contributed by atoms with E-state index in [1.807, 2.05) is 18.2 Å². The van der Waals surface area contributed by atoms with E-state index in [9.17, 15) is 9.59 Å². The van der Waals surface area contributed by atoms with Gasteiger partial charge in [0, 0.05) is 39.8 Å². The molecule has 0 aliphatic carbocycles. The Bertz CT molecular complexity index is 578. The van der Waals surface area contributed by atoms with Crippen LogP contribution in [0.15, 0.2) is 30.3 Å². The molecule has 1 aromatic carbocycles. The Morgan fingerprint density at radius 1 is 1.30 bits per heavy atom. The van der Waals surface area contributed by atoms with Crippen molar-refractivity contribution in [3.63, 3.8) is 0 Å². The van der Waals surface area contributed by atoms with Gasteiger partial charge in [0.2, 0.25) is 11.8 Å². The molecule has 2 heterocycles. The average molecular weight is 317 g/mol. The summed E-state index contributed by atoms with van der Waals surface area (Å²) in [4.78, 5) is 28.7. The molecule has 1 atom stereocenters. The fourth-order valence-electron chi connectivity index (χ4n) is 3.53. The van der Waals surface area contributed by atoms with Crippen LogP contribution >= 0.6 is 0 Å². The molecule has 2 fully saturated rings. The quantitative estimate of drug-likeness (QED) is 0.864. The van der Waals surface area contributed by atoms with Gasteiger partial charge < -0.3 is 15.0 Å². The summed E-state index contributed by atoms with van der Waals surface area (Å²) in [6.07, 6.45) is 0.732. The Morgan fingerprint density at radius 3 is 2.74 bits per heavy atom. The number of nitrogens with one attached hydrogen (secondary N) is 1. The molecule has 1 aromatic rings. The summed E-state index contributed by atoms with van der Waals surface area (Å²) in [7, 11) is 1.52. The largest absolute Gasteiger partial charge is 0.375 e. The van der Waals surface area contributed by atoms with Gasteiger partial charge in [0.1, 0.15) is 12.1 Å². The van der Waals surface area contributed by atoms with Crippen molar-refractivity contribution >= 4 is 11.8 Å². The first-order valence-corrected chi connectivity index (χ1v) is 8.00. The molecule has 0 radical (unpaired) electrons. The van der Waals surface area contributed by atoms with Crippen LogP contribution in [0.1, 0.15) is 12.0 Å². The molecule has 0 aromatic heterocycles. The minimum Gasteiger partial charge on any atom is -0.375 e. The molecule has 0 bridgehead atoms. The van der Waals surface area contributed by atoms with Crippen molar-refractivity contribution in [1.82, 2.24) is 15.1 Å². The minimum absolute atomic E-state index is 0.0309. The highest BCUT2D eigenvalue weighted by Gasteiger charge is 2.51. The van der Waals surface area contributed by atoms with Crippen LogP contribution in [0, 0.1) is 0 Å². The lowest BCUT2D eigenvalue weighted by Crippen LogP contribution is -2.66. The molecule has 6 nitrogen and oxygen atoms in total. The van der Waals surface area contributed by atoms with E-state index in [1.54, 1.807) is 4.90 Å².